The van der Waals surface area contributed by atoms with Crippen LogP contribution in [0.15, 0.2) is 24.7 Å². The van der Waals surface area contributed by atoms with E-state index in [-0.39, 0.29) is 18.8 Å². The summed E-state index contributed by atoms with van der Waals surface area (Å²) in [5, 5.41) is 0. The smallest absolute Gasteiger partial charge is 0.339 e. The van der Waals surface area contributed by atoms with E-state index in [9.17, 15) is 22.4 Å². The highest BCUT2D eigenvalue weighted by molar-refractivity contribution is 5.90. The van der Waals surface area contributed by atoms with Crippen LogP contribution in [0.4, 0.5) is 17.6 Å². The Bertz CT molecular complexity index is 487. The molecule has 4 nitrogen and oxygen atoms in total. The van der Waals surface area contributed by atoms with Crippen LogP contribution in [0.2, 0.25) is 0 Å². The maximum Gasteiger partial charge on any atom is 0.433 e. The van der Waals surface area contributed by atoms with Crippen molar-refractivity contribution in [3.8, 4) is 0 Å². The Kier molecular flexibility index (Phi) is 4.57. The van der Waals surface area contributed by atoms with Crippen molar-refractivity contribution in [3.63, 3.8) is 0 Å². The molecule has 0 spiro atoms. The lowest BCUT2D eigenvalue weighted by atomic mass is 10.3. The normalized spacial score (nSPS) is 11.2. The van der Waals surface area contributed by atoms with Crippen LogP contribution >= 0.6 is 0 Å². The third-order valence-electron chi connectivity index (χ3n) is 2.25. The zero-order chi connectivity index (χ0) is 14.6. The number of rotatable bonds is 4. The van der Waals surface area contributed by atoms with Crippen LogP contribution in [-0.4, -0.2) is 34.4 Å². The van der Waals surface area contributed by atoms with E-state index in [2.05, 4.69) is 16.5 Å². The second kappa shape index (κ2) is 5.77. The summed E-state index contributed by atoms with van der Waals surface area (Å²) in [5.74, 6) is -2.13. The molecule has 0 fully saturated rings. The molecular weight excluding hydrogens is 266 g/mol. The third kappa shape index (κ3) is 4.31. The van der Waals surface area contributed by atoms with E-state index in [1.54, 1.807) is 0 Å². The van der Waals surface area contributed by atoms with Gasteiger partial charge in [0, 0.05) is 26.2 Å². The lowest BCUT2D eigenvalue weighted by Gasteiger charge is -2.15. The van der Waals surface area contributed by atoms with Crippen LogP contribution in [-0.2, 0) is 17.4 Å². The highest BCUT2D eigenvalue weighted by Gasteiger charge is 2.32. The topological polar surface area (TPSA) is 46.1 Å². The fraction of sp³-hybridized carbons (Fsp3) is 0.364. The maximum atomic E-state index is 12.5. The second-order valence-electron chi connectivity index (χ2n) is 3.74. The van der Waals surface area contributed by atoms with E-state index in [1.165, 1.54) is 7.05 Å². The van der Waals surface area contributed by atoms with E-state index < -0.39 is 23.6 Å². The fourth-order valence-electron chi connectivity index (χ4n) is 1.25. The molecule has 0 N–H and O–H groups in total. The number of alkyl halides is 3. The molecule has 0 aliphatic rings. The monoisotopic (exact) mass is 277 g/mol. The number of hydrogen-bond donors (Lipinski definition) is 0. The quantitative estimate of drug-likeness (QED) is 0.624. The number of carbonyl (C=O) groups excluding carboxylic acids is 1. The van der Waals surface area contributed by atoms with Gasteiger partial charge in [0.1, 0.15) is 11.5 Å². The van der Waals surface area contributed by atoms with E-state index in [1.807, 2.05) is 0 Å². The zero-order valence-electron chi connectivity index (χ0n) is 10.0. The van der Waals surface area contributed by atoms with Crippen molar-refractivity contribution in [2.45, 2.75) is 12.6 Å². The summed E-state index contributed by atoms with van der Waals surface area (Å²) in [7, 11) is 1.31. The van der Waals surface area contributed by atoms with Crippen LogP contribution in [0.25, 0.3) is 0 Å². The summed E-state index contributed by atoms with van der Waals surface area (Å²) in [6.45, 7) is 2.83. The number of nitrogens with zero attached hydrogens (tertiary/aromatic N) is 3. The number of carbonyl (C=O) groups is 1. The molecular formula is C11H11F4N3O. The highest BCUT2D eigenvalue weighted by Crippen LogP contribution is 2.26. The average Bonchev–Trinajstić information content (AvgIpc) is 2.34. The first-order valence-corrected chi connectivity index (χ1v) is 5.21. The minimum absolute atomic E-state index is 0.0108. The number of halogens is 4. The van der Waals surface area contributed by atoms with Gasteiger partial charge in [-0.3, -0.25) is 4.79 Å². The van der Waals surface area contributed by atoms with Crippen molar-refractivity contribution in [1.29, 1.82) is 0 Å². The molecule has 0 atom stereocenters. The van der Waals surface area contributed by atoms with Crippen molar-refractivity contribution in [2.24, 2.45) is 0 Å². The molecule has 0 saturated heterocycles. The summed E-state index contributed by atoms with van der Waals surface area (Å²) >= 11 is 0. The maximum absolute atomic E-state index is 12.5. The molecule has 1 heterocycles. The Morgan fingerprint density at radius 3 is 2.63 bits per heavy atom. The third-order valence-corrected chi connectivity index (χ3v) is 2.25. The van der Waals surface area contributed by atoms with Crippen LogP contribution in [0.5, 0.6) is 0 Å². The molecule has 0 radical (unpaired) electrons. The number of aromatic nitrogens is 2. The second-order valence-corrected chi connectivity index (χ2v) is 3.74. The predicted octanol–water partition coefficient (Wildman–Crippen LogP) is 1.98. The van der Waals surface area contributed by atoms with Gasteiger partial charge in [-0.15, -0.1) is 0 Å². The summed E-state index contributed by atoms with van der Waals surface area (Å²) in [5.41, 5.74) is -1.05. The molecule has 19 heavy (non-hydrogen) atoms. The van der Waals surface area contributed by atoms with Gasteiger partial charge >= 0.3 is 6.18 Å². The molecule has 0 aliphatic heterocycles. The van der Waals surface area contributed by atoms with Crippen molar-refractivity contribution < 1.29 is 22.4 Å². The van der Waals surface area contributed by atoms with Gasteiger partial charge < -0.3 is 4.90 Å². The Morgan fingerprint density at radius 1 is 1.47 bits per heavy atom. The Balaban J connectivity index is 2.69. The summed E-state index contributed by atoms with van der Waals surface area (Å²) in [4.78, 5) is 19.1. The van der Waals surface area contributed by atoms with E-state index >= 15 is 0 Å². The van der Waals surface area contributed by atoms with Crippen LogP contribution < -0.4 is 0 Å². The first kappa shape index (κ1) is 15.1. The lowest BCUT2D eigenvalue weighted by molar-refractivity contribution is -0.141. The lowest BCUT2D eigenvalue weighted by Crippen LogP contribution is -2.29. The summed E-state index contributed by atoms with van der Waals surface area (Å²) in [6.07, 6.45) is -3.58. The number of hydrogen-bond acceptors (Lipinski definition) is 3. The van der Waals surface area contributed by atoms with Gasteiger partial charge in [0.2, 0.25) is 0 Å². The van der Waals surface area contributed by atoms with E-state index in [0.29, 0.717) is 0 Å². The molecule has 1 aromatic heterocycles. The number of likely N-dealkylation sites (N-methyl/N-ethyl adjacent to an activating group) is 1. The molecule has 0 bridgehead atoms. The fourth-order valence-corrected chi connectivity index (χ4v) is 1.25. The molecule has 1 rings (SSSR count). The summed E-state index contributed by atoms with van der Waals surface area (Å²) in [6, 6.07) is 0.752. The molecule has 104 valence electrons. The molecule has 0 aliphatic carbocycles. The van der Waals surface area contributed by atoms with Gasteiger partial charge in [-0.25, -0.2) is 14.4 Å². The minimum Gasteiger partial charge on any atom is -0.339 e. The van der Waals surface area contributed by atoms with Gasteiger partial charge in [0.05, 0.1) is 0 Å². The van der Waals surface area contributed by atoms with Gasteiger partial charge in [-0.05, 0) is 6.07 Å². The standard InChI is InChI=1S/C11H11F4N3O/c1-7(12)10(19)18(2)6-4-9-16-5-3-8(17-9)11(13,14)15/h3,5H,1,4,6H2,2H3. The predicted molar refractivity (Wildman–Crippen MR) is 58.6 cm³/mol. The highest BCUT2D eigenvalue weighted by atomic mass is 19.4. The van der Waals surface area contributed by atoms with Gasteiger partial charge in [0.15, 0.2) is 5.83 Å². The molecule has 1 aromatic rings. The average molecular weight is 277 g/mol. The van der Waals surface area contributed by atoms with Crippen molar-refractivity contribution >= 4 is 5.91 Å². The largest absolute Gasteiger partial charge is 0.433 e. The molecule has 1 amide bonds. The van der Waals surface area contributed by atoms with Gasteiger partial charge in [-0.1, -0.05) is 6.58 Å². The van der Waals surface area contributed by atoms with Crippen molar-refractivity contribution in [2.75, 3.05) is 13.6 Å². The molecule has 8 heteroatoms. The van der Waals surface area contributed by atoms with Crippen LogP contribution in [0.3, 0.4) is 0 Å². The minimum atomic E-state index is -4.55. The van der Waals surface area contributed by atoms with E-state index in [4.69, 9.17) is 0 Å². The SMILES string of the molecule is C=C(F)C(=O)N(C)CCc1nccc(C(F)(F)F)n1. The first-order valence-electron chi connectivity index (χ1n) is 5.21. The van der Waals surface area contributed by atoms with Crippen LogP contribution in [0, 0.1) is 0 Å². The van der Waals surface area contributed by atoms with Gasteiger partial charge in [0.25, 0.3) is 5.91 Å². The first-order chi connectivity index (χ1) is 8.71. The van der Waals surface area contributed by atoms with E-state index in [0.717, 1.165) is 17.2 Å². The summed E-state index contributed by atoms with van der Waals surface area (Å²) < 4.78 is 49.7. The Labute approximate surface area is 106 Å². The molecule has 0 aromatic carbocycles. The number of amides is 1. The Morgan fingerprint density at radius 2 is 2.11 bits per heavy atom. The van der Waals surface area contributed by atoms with Gasteiger partial charge in [-0.2, -0.15) is 13.2 Å². The van der Waals surface area contributed by atoms with Crippen LogP contribution in [0.1, 0.15) is 11.5 Å². The Hall–Kier alpha value is -1.99. The zero-order valence-corrected chi connectivity index (χ0v) is 10.0. The van der Waals surface area contributed by atoms with Crippen molar-refractivity contribution in [1.82, 2.24) is 14.9 Å². The van der Waals surface area contributed by atoms with Crippen molar-refractivity contribution in [3.05, 3.63) is 36.2 Å². The molecule has 0 saturated carbocycles. The molecule has 0 unspecified atom stereocenters.